The Hall–Kier alpha value is -2.11. The maximum atomic E-state index is 11.1. The van der Waals surface area contributed by atoms with Crippen LogP contribution < -0.4 is 0 Å². The Balaban J connectivity index is 2.70. The van der Waals surface area contributed by atoms with E-state index in [9.17, 15) is 14.9 Å². The van der Waals surface area contributed by atoms with Gasteiger partial charge in [0.1, 0.15) is 0 Å². The molecule has 0 amide bonds. The van der Waals surface area contributed by atoms with Crippen LogP contribution in [0.15, 0.2) is 36.4 Å². The normalized spacial score (nSPS) is 10.3. The lowest BCUT2D eigenvalue weighted by Gasteiger charge is -2.07. The topological polar surface area (TPSA) is 80.4 Å². The number of hydrogen-bond donors (Lipinski definition) is 1. The minimum atomic E-state index is -1.24. The number of halogens is 2. The van der Waals surface area contributed by atoms with Gasteiger partial charge in [0.05, 0.1) is 16.1 Å². The first-order valence-corrected chi connectivity index (χ1v) is 6.13. The van der Waals surface area contributed by atoms with Crippen molar-refractivity contribution in [3.05, 3.63) is 62.1 Å². The molecule has 0 aromatic heterocycles. The zero-order valence-electron chi connectivity index (χ0n) is 9.84. The largest absolute Gasteiger partial charge is 0.478 e. The molecule has 0 radical (unpaired) electrons. The molecule has 2 aromatic rings. The Kier molecular flexibility index (Phi) is 3.92. The van der Waals surface area contributed by atoms with Crippen LogP contribution >= 0.6 is 23.2 Å². The Bertz CT molecular complexity index is 716. The Labute approximate surface area is 123 Å². The first-order valence-electron chi connectivity index (χ1n) is 5.37. The third-order valence-corrected chi connectivity index (χ3v) is 3.22. The van der Waals surface area contributed by atoms with Crippen LogP contribution in [0.3, 0.4) is 0 Å². The van der Waals surface area contributed by atoms with Gasteiger partial charge in [-0.15, -0.1) is 0 Å². The molecule has 0 saturated heterocycles. The highest BCUT2D eigenvalue weighted by Crippen LogP contribution is 2.36. The minimum Gasteiger partial charge on any atom is -0.478 e. The summed E-state index contributed by atoms with van der Waals surface area (Å²) in [5.41, 5.74) is 0.0861. The van der Waals surface area contributed by atoms with E-state index < -0.39 is 10.9 Å². The van der Waals surface area contributed by atoms with E-state index in [-0.39, 0.29) is 16.8 Å². The molecule has 0 atom stereocenters. The molecular formula is C13H7Cl2NO4. The van der Waals surface area contributed by atoms with Crippen LogP contribution in [-0.2, 0) is 0 Å². The van der Waals surface area contributed by atoms with Gasteiger partial charge in [0.25, 0.3) is 5.69 Å². The van der Waals surface area contributed by atoms with Crippen LogP contribution in [0.1, 0.15) is 10.4 Å². The maximum absolute atomic E-state index is 11.1. The number of rotatable bonds is 3. The van der Waals surface area contributed by atoms with Crippen LogP contribution in [-0.4, -0.2) is 16.0 Å². The number of carboxylic acids is 1. The summed E-state index contributed by atoms with van der Waals surface area (Å²) in [6, 6.07) is 8.20. The third-order valence-electron chi connectivity index (χ3n) is 2.66. The first kappa shape index (κ1) is 14.3. The predicted octanol–water partition coefficient (Wildman–Crippen LogP) is 4.27. The van der Waals surface area contributed by atoms with E-state index in [0.717, 1.165) is 6.07 Å². The second kappa shape index (κ2) is 5.48. The average molecular weight is 312 g/mol. The van der Waals surface area contributed by atoms with Gasteiger partial charge >= 0.3 is 5.97 Å². The molecule has 20 heavy (non-hydrogen) atoms. The lowest BCUT2D eigenvalue weighted by molar-refractivity contribution is -0.384. The molecule has 0 spiro atoms. The Morgan fingerprint density at radius 1 is 1.10 bits per heavy atom. The zero-order valence-corrected chi connectivity index (χ0v) is 11.4. The summed E-state index contributed by atoms with van der Waals surface area (Å²) >= 11 is 11.9. The van der Waals surface area contributed by atoms with Gasteiger partial charge in [0.2, 0.25) is 0 Å². The molecule has 0 aliphatic carbocycles. The number of carboxylic acid groups (broad SMARTS) is 1. The molecule has 0 saturated carbocycles. The monoisotopic (exact) mass is 311 g/mol. The van der Waals surface area contributed by atoms with Gasteiger partial charge in [-0.1, -0.05) is 23.2 Å². The summed E-state index contributed by atoms with van der Waals surface area (Å²) in [6.45, 7) is 0. The number of aromatic carboxylic acids is 1. The van der Waals surface area contributed by atoms with Crippen molar-refractivity contribution in [3.8, 4) is 11.1 Å². The third kappa shape index (κ3) is 2.74. The van der Waals surface area contributed by atoms with E-state index in [2.05, 4.69) is 0 Å². The first-order chi connectivity index (χ1) is 9.40. The number of nitro groups is 1. The smallest absolute Gasteiger partial charge is 0.335 e. The SMILES string of the molecule is O=C(O)c1ccc(-c2cc(Cl)ccc2Cl)c([N+](=O)[O-])c1. The molecule has 102 valence electrons. The highest BCUT2D eigenvalue weighted by Gasteiger charge is 2.20. The standard InChI is InChI=1S/C13H7Cl2NO4/c14-8-2-4-11(15)10(6-8)9-3-1-7(13(17)18)5-12(9)16(19)20/h1-6H,(H,17,18). The molecule has 0 aliphatic rings. The van der Waals surface area contributed by atoms with Crippen molar-refractivity contribution >= 4 is 34.9 Å². The summed E-state index contributed by atoms with van der Waals surface area (Å²) in [6.07, 6.45) is 0. The molecule has 2 aromatic carbocycles. The van der Waals surface area contributed by atoms with Crippen LogP contribution in [0.25, 0.3) is 11.1 Å². The summed E-state index contributed by atoms with van der Waals surface area (Å²) < 4.78 is 0. The quantitative estimate of drug-likeness (QED) is 0.678. The van der Waals surface area contributed by atoms with Crippen molar-refractivity contribution in [1.82, 2.24) is 0 Å². The fraction of sp³-hybridized carbons (Fsp3) is 0. The van der Waals surface area contributed by atoms with E-state index >= 15 is 0 Å². The molecule has 7 heteroatoms. The van der Waals surface area contributed by atoms with Crippen molar-refractivity contribution in [3.63, 3.8) is 0 Å². The molecular weight excluding hydrogens is 305 g/mol. The van der Waals surface area contributed by atoms with Gasteiger partial charge in [0.15, 0.2) is 0 Å². The molecule has 5 nitrogen and oxygen atoms in total. The predicted molar refractivity (Wildman–Crippen MR) is 75.5 cm³/mol. The van der Waals surface area contributed by atoms with E-state index in [1.165, 1.54) is 24.3 Å². The summed E-state index contributed by atoms with van der Waals surface area (Å²) in [5.74, 6) is -1.24. The molecule has 0 fully saturated rings. The second-order valence-corrected chi connectivity index (χ2v) is 4.76. The average Bonchev–Trinajstić information content (AvgIpc) is 2.40. The van der Waals surface area contributed by atoms with Gasteiger partial charge in [-0.25, -0.2) is 4.79 Å². The second-order valence-electron chi connectivity index (χ2n) is 3.92. The fourth-order valence-electron chi connectivity index (χ4n) is 1.75. The summed E-state index contributed by atoms with van der Waals surface area (Å²) in [4.78, 5) is 21.3. The van der Waals surface area contributed by atoms with Crippen molar-refractivity contribution in [2.24, 2.45) is 0 Å². The number of hydrogen-bond acceptors (Lipinski definition) is 3. The highest BCUT2D eigenvalue weighted by atomic mass is 35.5. The summed E-state index contributed by atoms with van der Waals surface area (Å²) in [5, 5.41) is 20.7. The molecule has 0 unspecified atom stereocenters. The van der Waals surface area contributed by atoms with Crippen molar-refractivity contribution < 1.29 is 14.8 Å². The van der Waals surface area contributed by atoms with Gasteiger partial charge in [0, 0.05) is 21.7 Å². The minimum absolute atomic E-state index is 0.168. The number of nitro benzene ring substituents is 1. The lowest BCUT2D eigenvalue weighted by atomic mass is 10.0. The molecule has 0 bridgehead atoms. The lowest BCUT2D eigenvalue weighted by Crippen LogP contribution is -1.99. The van der Waals surface area contributed by atoms with Gasteiger partial charge in [-0.3, -0.25) is 10.1 Å². The van der Waals surface area contributed by atoms with Crippen LogP contribution in [0, 0.1) is 10.1 Å². The molecule has 0 heterocycles. The van der Waals surface area contributed by atoms with E-state index in [4.69, 9.17) is 28.3 Å². The van der Waals surface area contributed by atoms with Gasteiger partial charge in [-0.2, -0.15) is 0 Å². The number of nitrogens with zero attached hydrogens (tertiary/aromatic N) is 1. The molecule has 0 aliphatic heterocycles. The van der Waals surface area contributed by atoms with E-state index in [0.29, 0.717) is 15.6 Å². The van der Waals surface area contributed by atoms with Crippen LogP contribution in [0.4, 0.5) is 5.69 Å². The highest BCUT2D eigenvalue weighted by molar-refractivity contribution is 6.35. The Morgan fingerprint density at radius 3 is 2.40 bits per heavy atom. The van der Waals surface area contributed by atoms with Crippen molar-refractivity contribution in [2.45, 2.75) is 0 Å². The van der Waals surface area contributed by atoms with E-state index in [1.54, 1.807) is 6.07 Å². The maximum Gasteiger partial charge on any atom is 0.335 e. The molecule has 1 N–H and O–H groups in total. The van der Waals surface area contributed by atoms with Crippen LogP contribution in [0.2, 0.25) is 10.0 Å². The van der Waals surface area contributed by atoms with E-state index in [1.807, 2.05) is 0 Å². The summed E-state index contributed by atoms with van der Waals surface area (Å²) in [7, 11) is 0. The number of benzene rings is 2. The molecule has 2 rings (SSSR count). The van der Waals surface area contributed by atoms with Crippen LogP contribution in [0.5, 0.6) is 0 Å². The van der Waals surface area contributed by atoms with Crippen molar-refractivity contribution in [2.75, 3.05) is 0 Å². The van der Waals surface area contributed by atoms with Gasteiger partial charge < -0.3 is 5.11 Å². The van der Waals surface area contributed by atoms with Crippen molar-refractivity contribution in [1.29, 1.82) is 0 Å². The fourth-order valence-corrected chi connectivity index (χ4v) is 2.14. The Morgan fingerprint density at radius 2 is 1.80 bits per heavy atom. The van der Waals surface area contributed by atoms with Gasteiger partial charge in [-0.05, 0) is 30.3 Å². The number of carbonyl (C=O) groups is 1. The zero-order chi connectivity index (χ0) is 14.9.